The van der Waals surface area contributed by atoms with Crippen molar-refractivity contribution in [2.24, 2.45) is 0 Å². The summed E-state index contributed by atoms with van der Waals surface area (Å²) >= 11 is 1.10. The van der Waals surface area contributed by atoms with Gasteiger partial charge in [-0.05, 0) is 42.6 Å². The maximum absolute atomic E-state index is 12.1. The Hall–Kier alpha value is -1.95. The van der Waals surface area contributed by atoms with Gasteiger partial charge in [0.1, 0.15) is 4.88 Å². The van der Waals surface area contributed by atoms with Crippen molar-refractivity contribution in [1.29, 1.82) is 0 Å². The van der Waals surface area contributed by atoms with Crippen LogP contribution in [-0.2, 0) is 6.42 Å². The molecule has 0 atom stereocenters. The molecule has 5 nitrogen and oxygen atoms in total. The predicted molar refractivity (Wildman–Crippen MR) is 72.8 cm³/mol. The van der Waals surface area contributed by atoms with Gasteiger partial charge in [0, 0.05) is 0 Å². The first-order valence-electron chi connectivity index (χ1n) is 5.60. The number of hydrogen-bond acceptors (Lipinski definition) is 5. The zero-order chi connectivity index (χ0) is 13.1. The number of anilines is 2. The standard InChI is InChI=1S/C12H14N4OS/c1-3-9-11(18-16-15-9)12(17)14-10-5-4-7(2)6-8(10)13/h4-6H,3,13H2,1-2H3,(H,14,17). The molecule has 0 saturated heterocycles. The zero-order valence-corrected chi connectivity index (χ0v) is 11.0. The highest BCUT2D eigenvalue weighted by Crippen LogP contribution is 2.21. The van der Waals surface area contributed by atoms with Gasteiger partial charge in [0.2, 0.25) is 0 Å². The molecule has 2 rings (SSSR count). The van der Waals surface area contributed by atoms with Crippen LogP contribution < -0.4 is 11.1 Å². The van der Waals surface area contributed by atoms with E-state index in [1.165, 1.54) is 0 Å². The van der Waals surface area contributed by atoms with Crippen LogP contribution in [0.3, 0.4) is 0 Å². The molecule has 0 radical (unpaired) electrons. The SMILES string of the molecule is CCc1nnsc1C(=O)Nc1ccc(C)cc1N. The Morgan fingerprint density at radius 2 is 2.28 bits per heavy atom. The summed E-state index contributed by atoms with van der Waals surface area (Å²) < 4.78 is 3.79. The molecule has 1 aromatic carbocycles. The molecule has 3 N–H and O–H groups in total. The van der Waals surface area contributed by atoms with Crippen LogP contribution in [0.15, 0.2) is 18.2 Å². The van der Waals surface area contributed by atoms with E-state index in [4.69, 9.17) is 5.73 Å². The predicted octanol–water partition coefficient (Wildman–Crippen LogP) is 2.24. The molecule has 0 aliphatic rings. The summed E-state index contributed by atoms with van der Waals surface area (Å²) in [6.07, 6.45) is 0.683. The Morgan fingerprint density at radius 3 is 2.94 bits per heavy atom. The van der Waals surface area contributed by atoms with E-state index in [1.54, 1.807) is 6.07 Å². The Labute approximate surface area is 109 Å². The van der Waals surface area contributed by atoms with Gasteiger partial charge in [-0.15, -0.1) is 5.10 Å². The lowest BCUT2D eigenvalue weighted by Crippen LogP contribution is -2.13. The average molecular weight is 262 g/mol. The summed E-state index contributed by atoms with van der Waals surface area (Å²) in [4.78, 5) is 12.6. The number of nitrogen functional groups attached to an aromatic ring is 1. The average Bonchev–Trinajstić information content (AvgIpc) is 2.81. The first-order valence-corrected chi connectivity index (χ1v) is 6.38. The quantitative estimate of drug-likeness (QED) is 0.831. The molecule has 0 saturated carbocycles. The second kappa shape index (κ2) is 5.14. The molecule has 0 fully saturated rings. The number of carbonyl (C=O) groups excluding carboxylic acids is 1. The lowest BCUT2D eigenvalue weighted by molar-refractivity contribution is 0.102. The fraction of sp³-hybridized carbons (Fsp3) is 0.250. The lowest BCUT2D eigenvalue weighted by Gasteiger charge is -2.08. The second-order valence-electron chi connectivity index (χ2n) is 3.95. The first kappa shape index (κ1) is 12.5. The third-order valence-corrected chi connectivity index (χ3v) is 3.32. The van der Waals surface area contributed by atoms with E-state index in [1.807, 2.05) is 26.0 Å². The molecule has 1 heterocycles. The van der Waals surface area contributed by atoms with E-state index < -0.39 is 0 Å². The molecule has 1 aromatic heterocycles. The molecule has 0 bridgehead atoms. The van der Waals surface area contributed by atoms with Gasteiger partial charge < -0.3 is 11.1 Å². The van der Waals surface area contributed by atoms with Gasteiger partial charge in [0.15, 0.2) is 0 Å². The van der Waals surface area contributed by atoms with Gasteiger partial charge in [-0.1, -0.05) is 17.5 Å². The first-order chi connectivity index (χ1) is 8.61. The van der Waals surface area contributed by atoms with E-state index >= 15 is 0 Å². The Bertz CT molecular complexity index is 579. The minimum Gasteiger partial charge on any atom is -0.397 e. The van der Waals surface area contributed by atoms with Crippen LogP contribution in [0.4, 0.5) is 11.4 Å². The third kappa shape index (κ3) is 2.48. The minimum absolute atomic E-state index is 0.211. The number of benzene rings is 1. The summed E-state index contributed by atoms with van der Waals surface area (Å²) in [5.74, 6) is -0.211. The van der Waals surface area contributed by atoms with Crippen molar-refractivity contribution in [2.45, 2.75) is 20.3 Å². The monoisotopic (exact) mass is 262 g/mol. The van der Waals surface area contributed by atoms with E-state index in [0.717, 1.165) is 17.1 Å². The smallest absolute Gasteiger partial charge is 0.269 e. The molecule has 18 heavy (non-hydrogen) atoms. The number of hydrogen-bond donors (Lipinski definition) is 2. The van der Waals surface area contributed by atoms with Crippen LogP contribution in [0, 0.1) is 6.92 Å². The molecule has 0 aliphatic heterocycles. The Balaban J connectivity index is 2.21. The highest BCUT2D eigenvalue weighted by molar-refractivity contribution is 7.08. The molecular formula is C12H14N4OS. The van der Waals surface area contributed by atoms with Gasteiger partial charge >= 0.3 is 0 Å². The van der Waals surface area contributed by atoms with Crippen molar-refractivity contribution >= 4 is 28.8 Å². The zero-order valence-electron chi connectivity index (χ0n) is 10.2. The van der Waals surface area contributed by atoms with Gasteiger partial charge in [-0.2, -0.15) is 0 Å². The number of nitrogens with two attached hydrogens (primary N) is 1. The largest absolute Gasteiger partial charge is 0.397 e. The number of nitrogens with one attached hydrogen (secondary N) is 1. The van der Waals surface area contributed by atoms with Crippen molar-refractivity contribution in [3.8, 4) is 0 Å². The molecule has 6 heteroatoms. The van der Waals surface area contributed by atoms with E-state index in [0.29, 0.717) is 28.4 Å². The van der Waals surface area contributed by atoms with Crippen LogP contribution in [0.1, 0.15) is 27.9 Å². The highest BCUT2D eigenvalue weighted by atomic mass is 32.1. The van der Waals surface area contributed by atoms with Gasteiger partial charge in [-0.25, -0.2) is 0 Å². The maximum atomic E-state index is 12.1. The summed E-state index contributed by atoms with van der Waals surface area (Å²) in [6.45, 7) is 3.89. The lowest BCUT2D eigenvalue weighted by atomic mass is 10.2. The Morgan fingerprint density at radius 1 is 1.50 bits per heavy atom. The number of amides is 1. The van der Waals surface area contributed by atoms with Crippen molar-refractivity contribution < 1.29 is 4.79 Å². The van der Waals surface area contributed by atoms with Crippen molar-refractivity contribution in [3.63, 3.8) is 0 Å². The van der Waals surface area contributed by atoms with E-state index in [9.17, 15) is 4.79 Å². The Kier molecular flexibility index (Phi) is 3.57. The van der Waals surface area contributed by atoms with E-state index in [-0.39, 0.29) is 5.91 Å². The maximum Gasteiger partial charge on any atom is 0.269 e. The fourth-order valence-corrected chi connectivity index (χ4v) is 2.23. The topological polar surface area (TPSA) is 80.9 Å². The van der Waals surface area contributed by atoms with Crippen LogP contribution in [0.5, 0.6) is 0 Å². The normalized spacial score (nSPS) is 10.3. The summed E-state index contributed by atoms with van der Waals surface area (Å²) in [6, 6.07) is 5.52. The number of rotatable bonds is 3. The van der Waals surface area contributed by atoms with Gasteiger partial charge in [0.25, 0.3) is 5.91 Å². The molecule has 94 valence electrons. The van der Waals surface area contributed by atoms with Crippen molar-refractivity contribution in [2.75, 3.05) is 11.1 Å². The third-order valence-electron chi connectivity index (χ3n) is 2.55. The second-order valence-corrected chi connectivity index (χ2v) is 4.70. The van der Waals surface area contributed by atoms with Crippen LogP contribution >= 0.6 is 11.5 Å². The number of nitrogens with zero attached hydrogens (tertiary/aromatic N) is 2. The minimum atomic E-state index is -0.211. The molecule has 0 spiro atoms. The molecule has 0 aliphatic carbocycles. The fourth-order valence-electron chi connectivity index (χ4n) is 1.59. The number of aromatic nitrogens is 2. The number of aryl methyl sites for hydroxylation is 2. The highest BCUT2D eigenvalue weighted by Gasteiger charge is 2.15. The van der Waals surface area contributed by atoms with Crippen molar-refractivity contribution in [3.05, 3.63) is 34.3 Å². The number of carbonyl (C=O) groups is 1. The van der Waals surface area contributed by atoms with Crippen LogP contribution in [-0.4, -0.2) is 15.5 Å². The van der Waals surface area contributed by atoms with Gasteiger partial charge in [0.05, 0.1) is 17.1 Å². The molecule has 1 amide bonds. The van der Waals surface area contributed by atoms with Crippen molar-refractivity contribution in [1.82, 2.24) is 9.59 Å². The molecule has 0 unspecified atom stereocenters. The van der Waals surface area contributed by atoms with Crippen LogP contribution in [0.2, 0.25) is 0 Å². The summed E-state index contributed by atoms with van der Waals surface area (Å²) in [7, 11) is 0. The summed E-state index contributed by atoms with van der Waals surface area (Å²) in [5, 5.41) is 6.69. The molecule has 2 aromatic rings. The van der Waals surface area contributed by atoms with Crippen LogP contribution in [0.25, 0.3) is 0 Å². The molecular weight excluding hydrogens is 248 g/mol. The van der Waals surface area contributed by atoms with E-state index in [2.05, 4.69) is 14.9 Å². The van der Waals surface area contributed by atoms with Gasteiger partial charge in [-0.3, -0.25) is 4.79 Å². The summed E-state index contributed by atoms with van der Waals surface area (Å²) in [5.41, 5.74) is 8.78.